The number of alkyl halides is 2. The predicted octanol–water partition coefficient (Wildman–Crippen LogP) is 4.38. The summed E-state index contributed by atoms with van der Waals surface area (Å²) in [5, 5.41) is 0.813. The number of rotatable bonds is 6. The van der Waals surface area contributed by atoms with Crippen molar-refractivity contribution in [2.45, 2.75) is 21.6 Å². The molecule has 4 nitrogen and oxygen atoms in total. The van der Waals surface area contributed by atoms with Crippen LogP contribution >= 0.6 is 11.8 Å². The molecule has 3 aromatic rings. The largest absolute Gasteiger partial charge is 0.341 e. The van der Waals surface area contributed by atoms with E-state index in [-0.39, 0.29) is 4.90 Å². The van der Waals surface area contributed by atoms with Crippen LogP contribution < -0.4 is 0 Å². The SMILES string of the molecule is Cn1c(-c2ccccc2)cnc1SCc1ccc(S(=O)(=O)C(F)F)cc1. The van der Waals surface area contributed by atoms with E-state index in [0.29, 0.717) is 5.75 Å². The van der Waals surface area contributed by atoms with Crippen molar-refractivity contribution in [2.24, 2.45) is 7.05 Å². The van der Waals surface area contributed by atoms with Gasteiger partial charge in [0.05, 0.1) is 16.8 Å². The number of sulfone groups is 1. The zero-order valence-corrected chi connectivity index (χ0v) is 15.5. The summed E-state index contributed by atoms with van der Waals surface area (Å²) in [6, 6.07) is 15.4. The first kappa shape index (κ1) is 18.6. The van der Waals surface area contributed by atoms with Gasteiger partial charge in [0.1, 0.15) is 0 Å². The fraction of sp³-hybridized carbons (Fsp3) is 0.167. The number of nitrogens with zero attached hydrogens (tertiary/aromatic N) is 2. The Bertz CT molecular complexity index is 986. The van der Waals surface area contributed by atoms with Crippen molar-refractivity contribution < 1.29 is 17.2 Å². The van der Waals surface area contributed by atoms with E-state index in [1.165, 1.54) is 23.9 Å². The summed E-state index contributed by atoms with van der Waals surface area (Å²) >= 11 is 1.49. The normalized spacial score (nSPS) is 11.8. The molecule has 2 aromatic carbocycles. The Balaban J connectivity index is 1.71. The van der Waals surface area contributed by atoms with Crippen LogP contribution in [0.1, 0.15) is 5.56 Å². The van der Waals surface area contributed by atoms with E-state index in [4.69, 9.17) is 0 Å². The number of hydrogen-bond acceptors (Lipinski definition) is 4. The number of thioether (sulfide) groups is 1. The van der Waals surface area contributed by atoms with Crippen LogP contribution in [-0.4, -0.2) is 23.7 Å². The Labute approximate surface area is 154 Å². The monoisotopic (exact) mass is 394 g/mol. The second-order valence-corrected chi connectivity index (χ2v) is 8.45. The molecule has 0 aliphatic heterocycles. The Morgan fingerprint density at radius 2 is 1.73 bits per heavy atom. The van der Waals surface area contributed by atoms with Crippen LogP contribution in [0.25, 0.3) is 11.3 Å². The second-order valence-electron chi connectivity index (χ2n) is 5.59. The highest BCUT2D eigenvalue weighted by molar-refractivity contribution is 7.98. The first-order valence-corrected chi connectivity index (χ1v) is 10.2. The summed E-state index contributed by atoms with van der Waals surface area (Å²) in [7, 11) is -2.62. The molecular formula is C18H16F2N2O2S2. The molecule has 8 heteroatoms. The van der Waals surface area contributed by atoms with Crippen LogP contribution in [0.5, 0.6) is 0 Å². The van der Waals surface area contributed by atoms with Gasteiger partial charge in [-0.15, -0.1) is 0 Å². The van der Waals surface area contributed by atoms with Gasteiger partial charge >= 0.3 is 5.76 Å². The number of aromatic nitrogens is 2. The molecule has 0 spiro atoms. The Morgan fingerprint density at radius 3 is 2.35 bits per heavy atom. The molecule has 0 aliphatic rings. The number of imidazole rings is 1. The van der Waals surface area contributed by atoms with E-state index >= 15 is 0 Å². The highest BCUT2D eigenvalue weighted by Gasteiger charge is 2.26. The molecule has 0 saturated heterocycles. The van der Waals surface area contributed by atoms with E-state index in [9.17, 15) is 17.2 Å². The first-order chi connectivity index (χ1) is 12.4. The van der Waals surface area contributed by atoms with Gasteiger partial charge < -0.3 is 4.57 Å². The lowest BCUT2D eigenvalue weighted by Crippen LogP contribution is -2.11. The number of benzene rings is 2. The fourth-order valence-corrected chi connectivity index (χ4v) is 4.06. The van der Waals surface area contributed by atoms with Crippen LogP contribution in [-0.2, 0) is 22.6 Å². The third kappa shape index (κ3) is 3.81. The zero-order chi connectivity index (χ0) is 18.7. The van der Waals surface area contributed by atoms with Crippen LogP contribution in [0, 0.1) is 0 Å². The van der Waals surface area contributed by atoms with Crippen LogP contribution in [0.2, 0.25) is 0 Å². The molecule has 1 heterocycles. The van der Waals surface area contributed by atoms with Gasteiger partial charge in [-0.1, -0.05) is 54.2 Å². The lowest BCUT2D eigenvalue weighted by Gasteiger charge is -2.07. The highest BCUT2D eigenvalue weighted by atomic mass is 32.2. The van der Waals surface area contributed by atoms with Gasteiger partial charge in [0.25, 0.3) is 0 Å². The van der Waals surface area contributed by atoms with Crippen molar-refractivity contribution in [3.8, 4) is 11.3 Å². The fourth-order valence-electron chi connectivity index (χ4n) is 2.43. The van der Waals surface area contributed by atoms with Gasteiger partial charge in [0, 0.05) is 12.8 Å². The lowest BCUT2D eigenvalue weighted by atomic mass is 10.2. The minimum atomic E-state index is -4.55. The number of halogens is 2. The first-order valence-electron chi connectivity index (χ1n) is 7.70. The molecule has 0 amide bonds. The minimum absolute atomic E-state index is 0.371. The van der Waals surface area contributed by atoms with Gasteiger partial charge in [-0.3, -0.25) is 0 Å². The predicted molar refractivity (Wildman–Crippen MR) is 97.8 cm³/mol. The molecule has 0 atom stereocenters. The van der Waals surface area contributed by atoms with Gasteiger partial charge in [-0.25, -0.2) is 13.4 Å². The Morgan fingerprint density at radius 1 is 1.08 bits per heavy atom. The molecule has 3 rings (SSSR count). The van der Waals surface area contributed by atoms with Crippen LogP contribution in [0.3, 0.4) is 0 Å². The smallest absolute Gasteiger partial charge is 0.322 e. The molecule has 0 aliphatic carbocycles. The van der Waals surface area contributed by atoms with Gasteiger partial charge in [-0.2, -0.15) is 8.78 Å². The third-order valence-corrected chi connectivity index (χ3v) is 6.38. The molecule has 0 unspecified atom stereocenters. The summed E-state index contributed by atoms with van der Waals surface area (Å²) in [5.74, 6) is -2.86. The van der Waals surface area contributed by atoms with Crippen LogP contribution in [0.4, 0.5) is 8.78 Å². The molecule has 0 fully saturated rings. The summed E-state index contributed by atoms with van der Waals surface area (Å²) in [6.45, 7) is 0. The van der Waals surface area contributed by atoms with Crippen LogP contribution in [0.15, 0.2) is 70.8 Å². The average Bonchev–Trinajstić information content (AvgIpc) is 3.01. The van der Waals surface area contributed by atoms with Crippen molar-refractivity contribution in [2.75, 3.05) is 0 Å². The second kappa shape index (κ2) is 7.59. The molecule has 26 heavy (non-hydrogen) atoms. The summed E-state index contributed by atoms with van der Waals surface area (Å²) in [5.41, 5.74) is 2.88. The topological polar surface area (TPSA) is 52.0 Å². The van der Waals surface area contributed by atoms with Crippen molar-refractivity contribution in [1.82, 2.24) is 9.55 Å². The summed E-state index contributed by atoms with van der Waals surface area (Å²) < 4.78 is 50.0. The standard InChI is InChI=1S/C18H16F2N2O2S2/c1-22-16(14-5-3-2-4-6-14)11-21-18(22)25-12-13-7-9-15(10-8-13)26(23,24)17(19)20/h2-11,17H,12H2,1H3. The summed E-state index contributed by atoms with van der Waals surface area (Å²) in [6.07, 6.45) is 1.80. The Hall–Kier alpha value is -2.19. The maximum absolute atomic E-state index is 12.6. The summed E-state index contributed by atoms with van der Waals surface area (Å²) in [4.78, 5) is 4.05. The van der Waals surface area contributed by atoms with E-state index in [1.54, 1.807) is 18.3 Å². The molecule has 0 bridgehead atoms. The van der Waals surface area contributed by atoms with Gasteiger partial charge in [0.2, 0.25) is 9.84 Å². The van der Waals surface area contributed by atoms with E-state index in [1.807, 2.05) is 41.9 Å². The highest BCUT2D eigenvalue weighted by Crippen LogP contribution is 2.27. The maximum Gasteiger partial charge on any atom is 0.341 e. The lowest BCUT2D eigenvalue weighted by molar-refractivity contribution is 0.234. The Kier molecular flexibility index (Phi) is 5.43. The van der Waals surface area contributed by atoms with E-state index in [0.717, 1.165) is 22.0 Å². The van der Waals surface area contributed by atoms with Crippen molar-refractivity contribution in [3.63, 3.8) is 0 Å². The molecule has 0 saturated carbocycles. The quantitative estimate of drug-likeness (QED) is 0.583. The molecule has 136 valence electrons. The average molecular weight is 394 g/mol. The molecule has 0 N–H and O–H groups in total. The molecular weight excluding hydrogens is 378 g/mol. The molecule has 0 radical (unpaired) electrons. The van der Waals surface area contributed by atoms with E-state index in [2.05, 4.69) is 4.98 Å². The zero-order valence-electron chi connectivity index (χ0n) is 13.8. The molecule has 1 aromatic heterocycles. The van der Waals surface area contributed by atoms with Crippen molar-refractivity contribution >= 4 is 21.6 Å². The number of hydrogen-bond donors (Lipinski definition) is 0. The van der Waals surface area contributed by atoms with Gasteiger partial charge in [-0.05, 0) is 23.3 Å². The van der Waals surface area contributed by atoms with E-state index < -0.39 is 15.6 Å². The minimum Gasteiger partial charge on any atom is -0.322 e. The van der Waals surface area contributed by atoms with Gasteiger partial charge in [0.15, 0.2) is 5.16 Å². The third-order valence-electron chi connectivity index (χ3n) is 3.87. The van der Waals surface area contributed by atoms with Crippen molar-refractivity contribution in [1.29, 1.82) is 0 Å². The van der Waals surface area contributed by atoms with Crippen molar-refractivity contribution in [3.05, 3.63) is 66.4 Å². The maximum atomic E-state index is 12.6.